The van der Waals surface area contributed by atoms with Crippen LogP contribution in [0.5, 0.6) is 11.5 Å². The molecule has 0 aliphatic carbocycles. The molecule has 1 N–H and O–H groups in total. The van der Waals surface area contributed by atoms with Gasteiger partial charge in [0.05, 0.1) is 19.9 Å². The maximum Gasteiger partial charge on any atom is 0.222 e. The second-order valence-electron chi connectivity index (χ2n) is 10.2. The fraction of sp³-hybridized carbons (Fsp3) is 0.400. The van der Waals surface area contributed by atoms with E-state index in [9.17, 15) is 0 Å². The molecule has 0 saturated heterocycles. The minimum atomic E-state index is 0. The van der Waals surface area contributed by atoms with Crippen LogP contribution in [0.4, 0.5) is 5.69 Å². The highest BCUT2D eigenvalue weighted by Gasteiger charge is 2.35. The number of rotatable bonds is 7. The molecule has 2 aliphatic rings. The number of hydrogen-bond acceptors (Lipinski definition) is 3. The summed E-state index contributed by atoms with van der Waals surface area (Å²) in [5.41, 5.74) is 9.19. The van der Waals surface area contributed by atoms with Crippen molar-refractivity contribution >= 4 is 11.4 Å². The lowest BCUT2D eigenvalue weighted by molar-refractivity contribution is -0.776. The smallest absolute Gasteiger partial charge is 0.222 e. The van der Waals surface area contributed by atoms with Gasteiger partial charge in [-0.2, -0.15) is 0 Å². The first-order valence-corrected chi connectivity index (χ1v) is 12.4. The summed E-state index contributed by atoms with van der Waals surface area (Å²) < 4.78 is 11.4. The molecule has 0 bridgehead atoms. The van der Waals surface area contributed by atoms with Gasteiger partial charge in [0.2, 0.25) is 5.69 Å². The van der Waals surface area contributed by atoms with Gasteiger partial charge in [-0.15, -0.1) is 0 Å². The summed E-state index contributed by atoms with van der Waals surface area (Å²) >= 11 is 0. The average Bonchev–Trinajstić information content (AvgIpc) is 3.26. The average molecular weight is 495 g/mol. The summed E-state index contributed by atoms with van der Waals surface area (Å²) in [6.45, 7) is 14.6. The van der Waals surface area contributed by atoms with Crippen molar-refractivity contribution < 1.29 is 26.8 Å². The van der Waals surface area contributed by atoms with Crippen LogP contribution < -0.4 is 26.8 Å². The van der Waals surface area contributed by atoms with E-state index in [2.05, 4.69) is 83.0 Å². The summed E-state index contributed by atoms with van der Waals surface area (Å²) in [4.78, 5) is 3.65. The van der Waals surface area contributed by atoms with Gasteiger partial charge in [0.1, 0.15) is 11.9 Å². The van der Waals surface area contributed by atoms with Crippen LogP contribution in [0.1, 0.15) is 81.5 Å². The maximum absolute atomic E-state index is 5.72. The molecule has 2 aliphatic heterocycles. The Bertz CT molecular complexity index is 1110. The van der Waals surface area contributed by atoms with E-state index < -0.39 is 0 Å². The predicted octanol–water partition coefficient (Wildman–Crippen LogP) is 3.32. The first-order chi connectivity index (χ1) is 16.3. The minimum Gasteiger partial charge on any atom is -1.00 e. The third-order valence-electron chi connectivity index (χ3n) is 6.91. The molecule has 0 saturated carbocycles. The van der Waals surface area contributed by atoms with Crippen molar-refractivity contribution in [1.82, 2.24) is 4.90 Å². The molecule has 0 aromatic heterocycles. The van der Waals surface area contributed by atoms with Crippen LogP contribution in [-0.4, -0.2) is 25.8 Å². The molecule has 1 unspecified atom stereocenters. The van der Waals surface area contributed by atoms with Crippen LogP contribution in [0.3, 0.4) is 0 Å². The summed E-state index contributed by atoms with van der Waals surface area (Å²) in [6.07, 6.45) is 8.94. The van der Waals surface area contributed by atoms with E-state index in [1.807, 2.05) is 18.2 Å². The zero-order chi connectivity index (χ0) is 24.6. The number of halogens is 1. The van der Waals surface area contributed by atoms with Crippen LogP contribution in [-0.2, 0) is 0 Å². The molecule has 188 valence electrons. The molecule has 4 nitrogen and oxygen atoms in total. The summed E-state index contributed by atoms with van der Waals surface area (Å²) in [7, 11) is 3.44. The van der Waals surface area contributed by atoms with E-state index in [0.717, 1.165) is 23.9 Å². The summed E-state index contributed by atoms with van der Waals surface area (Å²) in [5.74, 6) is 3.06. The molecule has 5 heteroatoms. The van der Waals surface area contributed by atoms with Crippen molar-refractivity contribution in [1.29, 1.82) is 0 Å². The third kappa shape index (κ3) is 5.00. The molecule has 0 spiro atoms. The fourth-order valence-electron chi connectivity index (χ4n) is 5.04. The van der Waals surface area contributed by atoms with E-state index in [-0.39, 0.29) is 12.4 Å². The maximum atomic E-state index is 5.72. The Morgan fingerprint density at radius 3 is 1.91 bits per heavy atom. The number of allylic oxidation sites excluding steroid dienone is 3. The van der Waals surface area contributed by atoms with Crippen molar-refractivity contribution in [2.75, 3.05) is 20.9 Å². The molecule has 2 aromatic rings. The SMILES string of the molecule is COc1cccc(OC)c1[NH+]1C=C2C=CC=C(c3c(C(C)C)cc(C(C)C)cc3C(C)C)N2C1.[Cl-]. The summed E-state index contributed by atoms with van der Waals surface area (Å²) in [5, 5.41) is 0. The number of nitrogens with one attached hydrogen (secondary N) is 1. The number of fused-ring (bicyclic) bond motifs is 1. The highest BCUT2D eigenvalue weighted by atomic mass is 35.5. The van der Waals surface area contributed by atoms with Crippen molar-refractivity contribution in [3.63, 3.8) is 0 Å². The number of quaternary nitrogens is 1. The third-order valence-corrected chi connectivity index (χ3v) is 6.91. The van der Waals surface area contributed by atoms with Gasteiger partial charge < -0.3 is 21.9 Å². The van der Waals surface area contributed by atoms with Crippen molar-refractivity contribution in [3.8, 4) is 11.5 Å². The standard InChI is InChI=1S/C30H38N2O2.ClH/c1-19(2)22-15-24(20(3)4)29(25(16-22)21(5)6)26-12-9-11-23-17-31(18-32(23)26)30-27(33-7)13-10-14-28(30)34-8;/h9-17,19-21H,18H2,1-8H3;1H. The second kappa shape index (κ2) is 10.9. The number of ether oxygens (including phenoxy) is 2. The highest BCUT2D eigenvalue weighted by Crippen LogP contribution is 2.40. The molecule has 2 heterocycles. The van der Waals surface area contributed by atoms with Gasteiger partial charge in [0.15, 0.2) is 18.2 Å². The summed E-state index contributed by atoms with van der Waals surface area (Å²) in [6, 6.07) is 10.9. The van der Waals surface area contributed by atoms with Crippen LogP contribution in [0.15, 0.2) is 60.5 Å². The topological polar surface area (TPSA) is 26.1 Å². The largest absolute Gasteiger partial charge is 1.00 e. The van der Waals surface area contributed by atoms with Crippen LogP contribution in [0.2, 0.25) is 0 Å². The van der Waals surface area contributed by atoms with E-state index in [1.54, 1.807) is 14.2 Å². The van der Waals surface area contributed by atoms with Gasteiger partial charge in [-0.25, -0.2) is 0 Å². The Labute approximate surface area is 217 Å². The molecule has 0 radical (unpaired) electrons. The molecule has 1 atom stereocenters. The Morgan fingerprint density at radius 2 is 1.43 bits per heavy atom. The number of benzene rings is 2. The van der Waals surface area contributed by atoms with Gasteiger partial charge in [0.25, 0.3) is 0 Å². The van der Waals surface area contributed by atoms with E-state index in [4.69, 9.17) is 9.47 Å². The van der Waals surface area contributed by atoms with Crippen LogP contribution in [0, 0.1) is 0 Å². The van der Waals surface area contributed by atoms with E-state index >= 15 is 0 Å². The fourth-order valence-corrected chi connectivity index (χ4v) is 5.04. The Kier molecular flexibility index (Phi) is 8.40. The zero-order valence-corrected chi connectivity index (χ0v) is 23.0. The zero-order valence-electron chi connectivity index (χ0n) is 22.3. The lowest BCUT2D eigenvalue weighted by Gasteiger charge is -2.31. The highest BCUT2D eigenvalue weighted by molar-refractivity contribution is 5.76. The van der Waals surface area contributed by atoms with Crippen LogP contribution in [0.25, 0.3) is 5.70 Å². The molecule has 0 amide bonds. The van der Waals surface area contributed by atoms with Gasteiger partial charge in [0, 0.05) is 5.56 Å². The monoisotopic (exact) mass is 494 g/mol. The number of nitrogens with zero attached hydrogens (tertiary/aromatic N) is 1. The van der Waals surface area contributed by atoms with Gasteiger partial charge in [-0.05, 0) is 58.7 Å². The predicted molar refractivity (Wildman–Crippen MR) is 141 cm³/mol. The Hall–Kier alpha value is -2.69. The van der Waals surface area contributed by atoms with E-state index in [0.29, 0.717) is 17.8 Å². The van der Waals surface area contributed by atoms with Crippen LogP contribution >= 0.6 is 0 Å². The van der Waals surface area contributed by atoms with Crippen molar-refractivity contribution in [2.45, 2.75) is 59.3 Å². The molecule has 0 fully saturated rings. The molecular weight excluding hydrogens is 456 g/mol. The Balaban J connectivity index is 0.00000342. The first-order valence-electron chi connectivity index (χ1n) is 12.4. The number of methoxy groups -OCH3 is 2. The minimum absolute atomic E-state index is 0. The first kappa shape index (κ1) is 26.9. The molecule has 2 aromatic carbocycles. The second-order valence-corrected chi connectivity index (χ2v) is 10.2. The van der Waals surface area contributed by atoms with Crippen molar-refractivity contribution in [3.05, 3.63) is 82.7 Å². The molecule has 4 rings (SSSR count). The van der Waals surface area contributed by atoms with Crippen molar-refractivity contribution in [2.24, 2.45) is 0 Å². The Morgan fingerprint density at radius 1 is 0.857 bits per heavy atom. The van der Waals surface area contributed by atoms with Gasteiger partial charge >= 0.3 is 0 Å². The van der Waals surface area contributed by atoms with E-state index in [1.165, 1.54) is 38.5 Å². The number of hydrogen-bond donors (Lipinski definition) is 1. The van der Waals surface area contributed by atoms with Gasteiger partial charge in [-0.3, -0.25) is 9.80 Å². The lowest BCUT2D eigenvalue weighted by atomic mass is 9.82. The molecule has 35 heavy (non-hydrogen) atoms. The van der Waals surface area contributed by atoms with Gasteiger partial charge in [-0.1, -0.05) is 65.8 Å². The quantitative estimate of drug-likeness (QED) is 0.639. The normalized spacial score (nSPS) is 16.9. The molecular formula is C30H39ClN2O2. The lowest BCUT2D eigenvalue weighted by Crippen LogP contribution is -3.02. The number of para-hydroxylation sites is 1.